The van der Waals surface area contributed by atoms with Crippen LogP contribution < -0.4 is 0 Å². The van der Waals surface area contributed by atoms with Crippen molar-refractivity contribution in [3.8, 4) is 0 Å². The number of hydrogen-bond acceptors (Lipinski definition) is 1. The molecule has 116 valence electrons. The Balaban J connectivity index is 1.88. The van der Waals surface area contributed by atoms with Crippen molar-refractivity contribution in [2.75, 3.05) is 0 Å². The molecule has 1 aliphatic carbocycles. The van der Waals surface area contributed by atoms with Crippen LogP contribution in [0.25, 0.3) is 10.8 Å². The van der Waals surface area contributed by atoms with Crippen LogP contribution in [-0.2, 0) is 0 Å². The summed E-state index contributed by atoms with van der Waals surface area (Å²) in [4.78, 5) is 4.72. The Morgan fingerprint density at radius 1 is 0.875 bits per heavy atom. The van der Waals surface area contributed by atoms with Crippen LogP contribution in [0.3, 0.4) is 0 Å². The van der Waals surface area contributed by atoms with E-state index in [0.717, 1.165) is 5.69 Å². The van der Waals surface area contributed by atoms with E-state index in [1.54, 1.807) is 0 Å². The second-order valence-electron chi connectivity index (χ2n) is 6.16. The van der Waals surface area contributed by atoms with Crippen LogP contribution in [0.1, 0.15) is 24.0 Å². The van der Waals surface area contributed by atoms with E-state index in [1.165, 1.54) is 27.5 Å². The van der Waals surface area contributed by atoms with E-state index in [4.69, 9.17) is 4.99 Å². The highest BCUT2D eigenvalue weighted by atomic mass is 14.7. The Kier molecular flexibility index (Phi) is 3.84. The largest absolute Gasteiger partial charge is 0.256 e. The molecule has 0 spiro atoms. The molecule has 0 heterocycles. The molecule has 0 radical (unpaired) electrons. The Morgan fingerprint density at radius 2 is 1.67 bits per heavy atom. The molecule has 3 aromatic carbocycles. The smallest absolute Gasteiger partial charge is 0.0629 e. The van der Waals surface area contributed by atoms with E-state index < -0.39 is 0 Å². The quantitative estimate of drug-likeness (QED) is 0.511. The topological polar surface area (TPSA) is 12.4 Å². The van der Waals surface area contributed by atoms with Gasteiger partial charge in [-0.25, -0.2) is 0 Å². The molecule has 1 nitrogen and oxygen atoms in total. The molecule has 1 atom stereocenters. The summed E-state index contributed by atoms with van der Waals surface area (Å²) in [6.07, 6.45) is 8.62. The fourth-order valence-electron chi connectivity index (χ4n) is 3.30. The Morgan fingerprint density at radius 3 is 2.46 bits per heavy atom. The first-order valence-electron chi connectivity index (χ1n) is 8.29. The molecule has 1 heteroatoms. The van der Waals surface area contributed by atoms with Crippen LogP contribution in [0.15, 0.2) is 95.5 Å². The lowest BCUT2D eigenvalue weighted by Crippen LogP contribution is -2.01. The summed E-state index contributed by atoms with van der Waals surface area (Å²) in [6.45, 7) is 2.19. The van der Waals surface area contributed by atoms with Crippen LogP contribution in [0, 0.1) is 0 Å². The van der Waals surface area contributed by atoms with Gasteiger partial charge in [-0.1, -0.05) is 78.4 Å². The maximum absolute atomic E-state index is 4.72. The monoisotopic (exact) mass is 309 g/mol. The zero-order valence-corrected chi connectivity index (χ0v) is 13.7. The highest BCUT2D eigenvalue weighted by Gasteiger charge is 2.17. The average molecular weight is 309 g/mol. The molecule has 3 aromatic rings. The van der Waals surface area contributed by atoms with Crippen LogP contribution in [0.2, 0.25) is 0 Å². The zero-order valence-electron chi connectivity index (χ0n) is 13.7. The zero-order chi connectivity index (χ0) is 16.4. The molecule has 24 heavy (non-hydrogen) atoms. The minimum absolute atomic E-state index is 0.340. The predicted octanol–water partition coefficient (Wildman–Crippen LogP) is 6.19. The second kappa shape index (κ2) is 6.29. The number of hydrogen-bond donors (Lipinski definition) is 0. The van der Waals surface area contributed by atoms with E-state index in [1.807, 2.05) is 36.5 Å². The molecule has 1 aliphatic rings. The summed E-state index contributed by atoms with van der Waals surface area (Å²) in [5.41, 5.74) is 4.88. The molecule has 0 saturated heterocycles. The van der Waals surface area contributed by atoms with Gasteiger partial charge in [0.15, 0.2) is 0 Å². The molecule has 0 aromatic heterocycles. The van der Waals surface area contributed by atoms with Crippen molar-refractivity contribution in [3.63, 3.8) is 0 Å². The summed E-state index contributed by atoms with van der Waals surface area (Å²) in [5, 5.41) is 2.50. The van der Waals surface area contributed by atoms with Gasteiger partial charge in [0.1, 0.15) is 0 Å². The first kappa shape index (κ1) is 14.6. The van der Waals surface area contributed by atoms with Gasteiger partial charge in [0.2, 0.25) is 0 Å². The number of benzene rings is 3. The van der Waals surface area contributed by atoms with Gasteiger partial charge in [0, 0.05) is 17.7 Å². The molecule has 0 N–H and O–H groups in total. The summed E-state index contributed by atoms with van der Waals surface area (Å²) in [5.74, 6) is 0.340. The summed E-state index contributed by atoms with van der Waals surface area (Å²) < 4.78 is 0. The Labute approximate surface area is 142 Å². The summed E-state index contributed by atoms with van der Waals surface area (Å²) in [6, 6.07) is 23.1. The third-order valence-electron chi connectivity index (χ3n) is 4.59. The molecular weight excluding hydrogens is 290 g/mol. The molecule has 1 unspecified atom stereocenters. The standard InChI is InChI=1S/C23H19N/c1-17-8-7-13-20(17)22-15-14-18-9-5-6-12-21(18)23(22)16-24-19-10-3-2-4-11-19/h2-16,20H,1H3. The first-order valence-corrected chi connectivity index (χ1v) is 8.29. The minimum atomic E-state index is 0.340. The number of aliphatic imine (C=N–C) groups is 1. The van der Waals surface area contributed by atoms with Crippen LogP contribution >= 0.6 is 0 Å². The number of nitrogens with zero attached hydrogens (tertiary/aromatic N) is 1. The van der Waals surface area contributed by atoms with Gasteiger partial charge in [0.25, 0.3) is 0 Å². The molecule has 4 rings (SSSR count). The maximum atomic E-state index is 4.72. The Bertz CT molecular complexity index is 962. The van der Waals surface area contributed by atoms with Gasteiger partial charge >= 0.3 is 0 Å². The SMILES string of the molecule is CC1=CC=CC1c1ccc2ccccc2c1C=Nc1ccccc1. The van der Waals surface area contributed by atoms with Crippen molar-refractivity contribution in [1.29, 1.82) is 0 Å². The van der Waals surface area contributed by atoms with Crippen molar-refractivity contribution in [2.45, 2.75) is 12.8 Å². The van der Waals surface area contributed by atoms with E-state index >= 15 is 0 Å². The minimum Gasteiger partial charge on any atom is -0.256 e. The lowest BCUT2D eigenvalue weighted by molar-refractivity contribution is 1.01. The third-order valence-corrected chi connectivity index (χ3v) is 4.59. The van der Waals surface area contributed by atoms with E-state index in [9.17, 15) is 0 Å². The van der Waals surface area contributed by atoms with Gasteiger partial charge in [-0.2, -0.15) is 0 Å². The lowest BCUT2D eigenvalue weighted by atomic mass is 9.88. The van der Waals surface area contributed by atoms with Crippen molar-refractivity contribution in [2.24, 2.45) is 4.99 Å². The van der Waals surface area contributed by atoms with E-state index in [2.05, 4.69) is 61.5 Å². The molecule has 0 fully saturated rings. The highest BCUT2D eigenvalue weighted by molar-refractivity contribution is 6.02. The molecule has 0 saturated carbocycles. The average Bonchev–Trinajstić information content (AvgIpc) is 3.06. The molecular formula is C23H19N. The fraction of sp³-hybridized carbons (Fsp3) is 0.0870. The predicted molar refractivity (Wildman–Crippen MR) is 103 cm³/mol. The number of rotatable bonds is 3. The number of allylic oxidation sites excluding steroid dienone is 4. The van der Waals surface area contributed by atoms with Gasteiger partial charge in [-0.15, -0.1) is 0 Å². The van der Waals surface area contributed by atoms with Crippen molar-refractivity contribution >= 4 is 22.7 Å². The highest BCUT2D eigenvalue weighted by Crippen LogP contribution is 2.34. The number of para-hydroxylation sites is 1. The lowest BCUT2D eigenvalue weighted by Gasteiger charge is -2.16. The summed E-state index contributed by atoms with van der Waals surface area (Å²) in [7, 11) is 0. The van der Waals surface area contributed by atoms with Crippen molar-refractivity contribution in [3.05, 3.63) is 102 Å². The number of fused-ring (bicyclic) bond motifs is 1. The van der Waals surface area contributed by atoms with E-state index in [-0.39, 0.29) is 0 Å². The fourth-order valence-corrected chi connectivity index (χ4v) is 3.30. The van der Waals surface area contributed by atoms with Crippen molar-refractivity contribution < 1.29 is 0 Å². The normalized spacial score (nSPS) is 16.9. The van der Waals surface area contributed by atoms with Gasteiger partial charge in [-0.05, 0) is 35.4 Å². The molecule has 0 aliphatic heterocycles. The van der Waals surface area contributed by atoms with Crippen molar-refractivity contribution in [1.82, 2.24) is 0 Å². The van der Waals surface area contributed by atoms with Crippen LogP contribution in [0.4, 0.5) is 5.69 Å². The second-order valence-corrected chi connectivity index (χ2v) is 6.16. The van der Waals surface area contributed by atoms with Crippen LogP contribution in [0.5, 0.6) is 0 Å². The third kappa shape index (κ3) is 2.69. The van der Waals surface area contributed by atoms with Crippen LogP contribution in [-0.4, -0.2) is 6.21 Å². The Hall–Kier alpha value is -2.93. The molecule has 0 bridgehead atoms. The summed E-state index contributed by atoms with van der Waals surface area (Å²) >= 11 is 0. The first-order chi connectivity index (χ1) is 11.8. The van der Waals surface area contributed by atoms with Gasteiger partial charge in [0.05, 0.1) is 5.69 Å². The maximum Gasteiger partial charge on any atom is 0.0629 e. The van der Waals surface area contributed by atoms with E-state index in [0.29, 0.717) is 5.92 Å². The van der Waals surface area contributed by atoms with Gasteiger partial charge < -0.3 is 0 Å². The molecule has 0 amide bonds. The van der Waals surface area contributed by atoms with Gasteiger partial charge in [-0.3, -0.25) is 4.99 Å².